The molecule has 0 aliphatic heterocycles. The van der Waals surface area contributed by atoms with E-state index in [1.807, 2.05) is 78.9 Å². The van der Waals surface area contributed by atoms with Crippen LogP contribution in [0.25, 0.3) is 56.3 Å². The molecular weight excluding hydrogens is 706 g/mol. The van der Waals surface area contributed by atoms with E-state index in [4.69, 9.17) is 0 Å². The van der Waals surface area contributed by atoms with Gasteiger partial charge < -0.3 is 4.90 Å². The molecule has 0 amide bonds. The number of hydrogen-bond donors (Lipinski definition) is 0. The molecule has 0 fully saturated rings. The molecule has 1 nitrogen and oxygen atoms in total. The number of rotatable bonds is 7. The monoisotopic (exact) mass is 749 g/mol. The molecule has 8 aromatic carbocycles. The van der Waals surface area contributed by atoms with Crippen LogP contribution in [0.2, 0.25) is 0 Å². The van der Waals surface area contributed by atoms with E-state index in [0.717, 1.165) is 50.0 Å². The zero-order valence-corrected chi connectivity index (χ0v) is 33.3. The number of halogens is 1. The lowest BCUT2D eigenvalue weighted by atomic mass is 9.75. The largest absolute Gasteiger partial charge is 0.307 e. The van der Waals surface area contributed by atoms with Crippen molar-refractivity contribution in [3.63, 3.8) is 0 Å². The van der Waals surface area contributed by atoms with Crippen molar-refractivity contribution in [3.8, 4) is 22.3 Å². The number of nitrogens with zero attached hydrogens (tertiary/aromatic N) is 1. The van der Waals surface area contributed by atoms with E-state index in [1.54, 1.807) is 6.07 Å². The maximum atomic E-state index is 16.9. The highest BCUT2D eigenvalue weighted by molar-refractivity contribution is 6.09. The van der Waals surface area contributed by atoms with Gasteiger partial charge in [-0.25, -0.2) is 4.39 Å². The van der Waals surface area contributed by atoms with Gasteiger partial charge in [-0.15, -0.1) is 0 Å². The first-order chi connectivity index (χ1) is 28.2. The van der Waals surface area contributed by atoms with Gasteiger partial charge in [0.15, 0.2) is 0 Å². The lowest BCUT2D eigenvalue weighted by Gasteiger charge is -2.29. The fraction of sp³-hybridized carbons (Fsp3) is 0.107. The van der Waals surface area contributed by atoms with Gasteiger partial charge >= 0.3 is 0 Å². The Morgan fingerprint density at radius 1 is 0.414 bits per heavy atom. The minimum Gasteiger partial charge on any atom is -0.307 e. The second-order valence-corrected chi connectivity index (χ2v) is 16.7. The Hall–Kier alpha value is -6.77. The van der Waals surface area contributed by atoms with Gasteiger partial charge in [0, 0.05) is 27.8 Å². The average molecular weight is 750 g/mol. The summed E-state index contributed by atoms with van der Waals surface area (Å²) in [4.78, 5) is 2.06. The molecule has 0 saturated carbocycles. The quantitative estimate of drug-likeness (QED) is 0.147. The number of benzene rings is 8. The Morgan fingerprint density at radius 3 is 1.69 bits per heavy atom. The zero-order chi connectivity index (χ0) is 39.6. The van der Waals surface area contributed by atoms with E-state index in [1.165, 1.54) is 39.0 Å². The molecule has 0 unspecified atom stereocenters. The van der Waals surface area contributed by atoms with Gasteiger partial charge in [-0.1, -0.05) is 179 Å². The normalized spacial score (nSPS) is 14.8. The van der Waals surface area contributed by atoms with Crippen molar-refractivity contribution in [2.24, 2.45) is 0 Å². The van der Waals surface area contributed by atoms with E-state index < -0.39 is 0 Å². The number of anilines is 3. The van der Waals surface area contributed by atoms with Crippen LogP contribution in [0, 0.1) is 5.82 Å². The molecule has 2 aliphatic rings. The summed E-state index contributed by atoms with van der Waals surface area (Å²) in [6.07, 6.45) is 4.45. The highest BCUT2D eigenvalue weighted by atomic mass is 19.1. The van der Waals surface area contributed by atoms with E-state index >= 15 is 4.39 Å². The van der Waals surface area contributed by atoms with Crippen molar-refractivity contribution < 1.29 is 4.39 Å². The summed E-state index contributed by atoms with van der Waals surface area (Å²) in [6, 6.07) is 63.0. The van der Waals surface area contributed by atoms with E-state index in [9.17, 15) is 0 Å². The molecule has 0 heterocycles. The van der Waals surface area contributed by atoms with Crippen molar-refractivity contribution in [1.29, 1.82) is 0 Å². The Balaban J connectivity index is 1.00. The topological polar surface area (TPSA) is 3.24 Å². The van der Waals surface area contributed by atoms with Crippen molar-refractivity contribution >= 4 is 51.1 Å². The number of fused-ring (bicyclic) bond motifs is 5. The summed E-state index contributed by atoms with van der Waals surface area (Å²) in [5.41, 5.74) is 16.7. The predicted octanol–water partition coefficient (Wildman–Crippen LogP) is 15.4. The van der Waals surface area contributed by atoms with Crippen LogP contribution in [0.1, 0.15) is 61.1 Å². The summed E-state index contributed by atoms with van der Waals surface area (Å²) < 4.78 is 16.9. The molecule has 0 saturated heterocycles. The van der Waals surface area contributed by atoms with Gasteiger partial charge in [-0.3, -0.25) is 0 Å². The zero-order valence-electron chi connectivity index (χ0n) is 33.3. The molecule has 2 aliphatic carbocycles. The first-order valence-electron chi connectivity index (χ1n) is 20.2. The van der Waals surface area contributed by atoms with Crippen LogP contribution in [0.5, 0.6) is 0 Å². The smallest absolute Gasteiger partial charge is 0.148 e. The Labute approximate surface area is 341 Å². The van der Waals surface area contributed by atoms with Gasteiger partial charge in [0.05, 0.1) is 5.69 Å². The van der Waals surface area contributed by atoms with E-state index in [-0.39, 0.29) is 16.6 Å². The third-order valence-electron chi connectivity index (χ3n) is 12.4. The Bertz CT molecular complexity index is 2930. The maximum Gasteiger partial charge on any atom is 0.148 e. The predicted molar refractivity (Wildman–Crippen MR) is 244 cm³/mol. The molecular formula is C56H44FN. The van der Waals surface area contributed by atoms with Crippen molar-refractivity contribution in [3.05, 3.63) is 221 Å². The number of hydrogen-bond acceptors (Lipinski definition) is 1. The second kappa shape index (κ2) is 13.7. The molecule has 280 valence electrons. The lowest BCUT2D eigenvalue weighted by Crippen LogP contribution is -2.19. The third kappa shape index (κ3) is 5.82. The van der Waals surface area contributed by atoms with Crippen LogP contribution in [-0.2, 0) is 10.8 Å². The first kappa shape index (κ1) is 35.6. The molecule has 8 aromatic rings. The molecule has 58 heavy (non-hydrogen) atoms. The van der Waals surface area contributed by atoms with Crippen molar-refractivity contribution in [2.75, 3.05) is 4.90 Å². The molecule has 2 heteroatoms. The molecule has 0 aromatic heterocycles. The van der Waals surface area contributed by atoms with Crippen LogP contribution >= 0.6 is 0 Å². The van der Waals surface area contributed by atoms with Gasteiger partial charge in [0.2, 0.25) is 0 Å². The maximum absolute atomic E-state index is 16.9. The molecule has 0 bridgehead atoms. The third-order valence-corrected chi connectivity index (χ3v) is 12.4. The van der Waals surface area contributed by atoms with Crippen LogP contribution in [-0.4, -0.2) is 0 Å². The average Bonchev–Trinajstić information content (AvgIpc) is 3.65. The Kier molecular flexibility index (Phi) is 8.42. The molecule has 0 radical (unpaired) electrons. The van der Waals surface area contributed by atoms with E-state index in [0.29, 0.717) is 5.69 Å². The van der Waals surface area contributed by atoms with Gasteiger partial charge in [-0.05, 0) is 114 Å². The molecule has 10 rings (SSSR count). The SMILES string of the molecule is CC1(C)C2=C(c3ccccc31)C(C)(C)c1cc(C=Cc3ccc4cc(N(c5ccccc5)c5c(F)cc(-c6ccccc6)cc5-c5ccccc5)ccc4c3)ccc12. The first-order valence-corrected chi connectivity index (χ1v) is 20.2. The van der Waals surface area contributed by atoms with E-state index in [2.05, 4.69) is 142 Å². The van der Waals surface area contributed by atoms with Crippen LogP contribution in [0.15, 0.2) is 182 Å². The highest BCUT2D eigenvalue weighted by Crippen LogP contribution is 2.62. The van der Waals surface area contributed by atoms with Gasteiger partial charge in [-0.2, -0.15) is 0 Å². The summed E-state index contributed by atoms with van der Waals surface area (Å²) >= 11 is 0. The Morgan fingerprint density at radius 2 is 0.966 bits per heavy atom. The summed E-state index contributed by atoms with van der Waals surface area (Å²) in [7, 11) is 0. The van der Waals surface area contributed by atoms with Gasteiger partial charge in [0.1, 0.15) is 5.82 Å². The fourth-order valence-electron chi connectivity index (χ4n) is 9.62. The van der Waals surface area contributed by atoms with Crippen LogP contribution in [0.4, 0.5) is 21.5 Å². The van der Waals surface area contributed by atoms with Crippen LogP contribution in [0.3, 0.4) is 0 Å². The highest BCUT2D eigenvalue weighted by Gasteiger charge is 2.49. The second-order valence-electron chi connectivity index (χ2n) is 16.7. The van der Waals surface area contributed by atoms with Crippen molar-refractivity contribution in [2.45, 2.75) is 38.5 Å². The lowest BCUT2D eigenvalue weighted by molar-refractivity contribution is 0.630. The molecule has 0 atom stereocenters. The fourth-order valence-corrected chi connectivity index (χ4v) is 9.62. The summed E-state index contributed by atoms with van der Waals surface area (Å²) in [5.74, 6) is -0.284. The summed E-state index contributed by atoms with van der Waals surface area (Å²) in [5, 5.41) is 2.21. The number of allylic oxidation sites excluding steroid dienone is 2. The van der Waals surface area contributed by atoms with Gasteiger partial charge in [0.25, 0.3) is 0 Å². The minimum absolute atomic E-state index is 0.0275. The molecule has 0 N–H and O–H groups in total. The number of para-hydroxylation sites is 1. The van der Waals surface area contributed by atoms with Crippen molar-refractivity contribution in [1.82, 2.24) is 0 Å². The minimum atomic E-state index is -0.284. The standard InChI is InChI=1S/C56H44FN/c1-55(2)49-23-15-14-22-46(49)52-53(55)47-31-27-38(33-50(47)56(52,3)4)25-24-37-26-28-42-34-45(30-29-41(42)32-37)58(44-20-12-7-13-21-44)54-48(40-18-10-6-11-19-40)35-43(36-51(54)57)39-16-8-5-9-17-39/h5-36H,1-4H3. The summed E-state index contributed by atoms with van der Waals surface area (Å²) in [6.45, 7) is 9.51. The van der Waals surface area contributed by atoms with Crippen LogP contribution < -0.4 is 4.90 Å². The molecule has 0 spiro atoms.